The third-order valence-corrected chi connectivity index (χ3v) is 5.01. The zero-order valence-electron chi connectivity index (χ0n) is 14.6. The number of ketones is 1. The van der Waals surface area contributed by atoms with E-state index in [-0.39, 0.29) is 11.7 Å². The lowest BCUT2D eigenvalue weighted by molar-refractivity contribution is -0.115. The number of nitrogens with one attached hydrogen (secondary N) is 1. The molecule has 0 bridgehead atoms. The maximum Gasteiger partial charge on any atom is 0.237 e. The van der Waals surface area contributed by atoms with E-state index in [2.05, 4.69) is 20.8 Å². The van der Waals surface area contributed by atoms with Gasteiger partial charge in [-0.3, -0.25) is 9.59 Å². The first-order chi connectivity index (χ1) is 13.0. The minimum Gasteiger partial charge on any atom is -0.324 e. The maximum atomic E-state index is 12.6. The maximum absolute atomic E-state index is 12.6. The lowest BCUT2D eigenvalue weighted by Crippen LogP contribution is -2.24. The molecule has 0 spiro atoms. The Hall–Kier alpha value is -2.71. The van der Waals surface area contributed by atoms with Gasteiger partial charge in [-0.25, -0.2) is 0 Å². The van der Waals surface area contributed by atoms with Crippen LogP contribution in [0.1, 0.15) is 24.2 Å². The van der Waals surface area contributed by atoms with E-state index in [4.69, 9.17) is 11.6 Å². The fraction of sp³-hybridized carbons (Fsp3) is 0.167. The van der Waals surface area contributed by atoms with Gasteiger partial charge < -0.3 is 5.32 Å². The van der Waals surface area contributed by atoms with Crippen LogP contribution in [0, 0.1) is 0 Å². The van der Waals surface area contributed by atoms with E-state index < -0.39 is 5.25 Å². The summed E-state index contributed by atoms with van der Waals surface area (Å²) < 4.78 is 1.54. The van der Waals surface area contributed by atoms with Crippen molar-refractivity contribution in [1.29, 1.82) is 0 Å². The van der Waals surface area contributed by atoms with Crippen molar-refractivity contribution in [1.82, 2.24) is 20.2 Å². The molecule has 0 radical (unpaired) electrons. The van der Waals surface area contributed by atoms with Gasteiger partial charge in [-0.2, -0.15) is 4.68 Å². The van der Waals surface area contributed by atoms with Crippen molar-refractivity contribution in [3.05, 3.63) is 59.1 Å². The number of nitrogens with zero attached hydrogens (tertiary/aromatic N) is 4. The third-order valence-electron chi connectivity index (χ3n) is 3.73. The number of amides is 1. The number of tetrazole rings is 1. The van der Waals surface area contributed by atoms with Crippen molar-refractivity contribution in [3.8, 4) is 5.69 Å². The molecular formula is C18H16ClN5O2S. The third kappa shape index (κ3) is 4.53. The molecule has 1 amide bonds. The summed E-state index contributed by atoms with van der Waals surface area (Å²) in [5.41, 5.74) is 1.69. The van der Waals surface area contributed by atoms with Gasteiger partial charge in [0.05, 0.1) is 16.6 Å². The molecule has 7 nitrogen and oxygen atoms in total. The van der Waals surface area contributed by atoms with Gasteiger partial charge in [0.15, 0.2) is 5.78 Å². The molecule has 27 heavy (non-hydrogen) atoms. The number of anilines is 1. The van der Waals surface area contributed by atoms with Gasteiger partial charge in [-0.15, -0.1) is 5.10 Å². The van der Waals surface area contributed by atoms with Crippen molar-refractivity contribution in [3.63, 3.8) is 0 Å². The number of hydrogen-bond donors (Lipinski definition) is 1. The van der Waals surface area contributed by atoms with Gasteiger partial charge in [0, 0.05) is 10.6 Å². The molecule has 0 aliphatic rings. The summed E-state index contributed by atoms with van der Waals surface area (Å²) in [6, 6.07) is 13.9. The Morgan fingerprint density at radius 3 is 2.56 bits per heavy atom. The van der Waals surface area contributed by atoms with E-state index in [0.717, 1.165) is 5.69 Å². The number of carbonyl (C=O) groups excluding carboxylic acids is 2. The number of Topliss-reactive ketones (excluding diaryl/α,β-unsaturated/α-hetero) is 1. The molecule has 1 N–H and O–H groups in total. The summed E-state index contributed by atoms with van der Waals surface area (Å²) in [5.74, 6) is -0.364. The molecule has 0 aliphatic heterocycles. The van der Waals surface area contributed by atoms with Gasteiger partial charge in [0.2, 0.25) is 11.1 Å². The summed E-state index contributed by atoms with van der Waals surface area (Å²) in [4.78, 5) is 24.3. The van der Waals surface area contributed by atoms with Gasteiger partial charge in [-0.1, -0.05) is 35.5 Å². The van der Waals surface area contributed by atoms with Crippen LogP contribution < -0.4 is 5.32 Å². The van der Waals surface area contributed by atoms with Crippen LogP contribution >= 0.6 is 23.4 Å². The number of halogens is 1. The lowest BCUT2D eigenvalue weighted by atomic mass is 10.1. The first kappa shape index (κ1) is 19.1. The smallest absolute Gasteiger partial charge is 0.237 e. The van der Waals surface area contributed by atoms with Crippen molar-refractivity contribution in [2.45, 2.75) is 24.3 Å². The van der Waals surface area contributed by atoms with Crippen molar-refractivity contribution >= 4 is 40.7 Å². The summed E-state index contributed by atoms with van der Waals surface area (Å²) in [6.45, 7) is 3.21. The number of rotatable bonds is 6. The van der Waals surface area contributed by atoms with E-state index in [1.165, 1.54) is 23.4 Å². The van der Waals surface area contributed by atoms with Crippen LogP contribution in [-0.4, -0.2) is 37.1 Å². The SMILES string of the molecule is CC(=O)c1ccccc1NC(=O)C(C)Sc1nnnn1-c1ccc(Cl)cc1. The summed E-state index contributed by atoms with van der Waals surface area (Å²) in [5, 5.41) is 15.0. The number of hydrogen-bond acceptors (Lipinski definition) is 6. The Morgan fingerprint density at radius 2 is 1.85 bits per heavy atom. The van der Waals surface area contributed by atoms with Crippen LogP contribution in [0.15, 0.2) is 53.7 Å². The van der Waals surface area contributed by atoms with E-state index >= 15 is 0 Å². The predicted octanol–water partition coefficient (Wildman–Crippen LogP) is 3.64. The van der Waals surface area contributed by atoms with E-state index in [1.54, 1.807) is 55.5 Å². The highest BCUT2D eigenvalue weighted by atomic mass is 35.5. The molecule has 0 saturated heterocycles. The lowest BCUT2D eigenvalue weighted by Gasteiger charge is -2.13. The van der Waals surface area contributed by atoms with Gasteiger partial charge in [0.1, 0.15) is 0 Å². The van der Waals surface area contributed by atoms with Gasteiger partial charge in [0.25, 0.3) is 0 Å². The quantitative estimate of drug-likeness (QED) is 0.501. The topological polar surface area (TPSA) is 89.8 Å². The Balaban J connectivity index is 1.74. The fourth-order valence-electron chi connectivity index (χ4n) is 2.34. The first-order valence-electron chi connectivity index (χ1n) is 8.07. The number of para-hydroxylation sites is 1. The number of thioether (sulfide) groups is 1. The average molecular weight is 402 g/mol. The van der Waals surface area contributed by atoms with E-state index in [1.807, 2.05) is 0 Å². The Labute approximate surface area is 165 Å². The minimum absolute atomic E-state index is 0.113. The van der Waals surface area contributed by atoms with Crippen LogP contribution in [0.3, 0.4) is 0 Å². The predicted molar refractivity (Wildman–Crippen MR) is 105 cm³/mol. The zero-order chi connectivity index (χ0) is 19.4. The molecular weight excluding hydrogens is 386 g/mol. The molecule has 1 heterocycles. The van der Waals surface area contributed by atoms with Crippen LogP contribution in [0.25, 0.3) is 5.69 Å². The Morgan fingerprint density at radius 1 is 1.15 bits per heavy atom. The zero-order valence-corrected chi connectivity index (χ0v) is 16.2. The fourth-order valence-corrected chi connectivity index (χ4v) is 3.28. The number of carbonyl (C=O) groups is 2. The van der Waals surface area contributed by atoms with Crippen molar-refractivity contribution in [2.75, 3.05) is 5.32 Å². The second kappa shape index (κ2) is 8.32. The average Bonchev–Trinajstić information content (AvgIpc) is 3.10. The highest BCUT2D eigenvalue weighted by Gasteiger charge is 2.20. The second-order valence-electron chi connectivity index (χ2n) is 5.70. The molecule has 138 valence electrons. The molecule has 1 unspecified atom stereocenters. The molecule has 3 aromatic rings. The van der Waals surface area contributed by atoms with Crippen LogP contribution in [0.5, 0.6) is 0 Å². The number of aromatic nitrogens is 4. The molecule has 0 aliphatic carbocycles. The van der Waals surface area contributed by atoms with E-state index in [0.29, 0.717) is 21.4 Å². The highest BCUT2D eigenvalue weighted by molar-refractivity contribution is 8.00. The molecule has 1 atom stereocenters. The molecule has 1 aromatic heterocycles. The standard InChI is InChI=1S/C18H16ClN5O2S/c1-11(25)15-5-3-4-6-16(15)20-17(26)12(2)27-18-21-22-23-24(18)14-9-7-13(19)8-10-14/h3-10,12H,1-2H3,(H,20,26). The van der Waals surface area contributed by atoms with Crippen LogP contribution in [-0.2, 0) is 4.79 Å². The van der Waals surface area contributed by atoms with Gasteiger partial charge in [-0.05, 0) is 60.7 Å². The first-order valence-corrected chi connectivity index (χ1v) is 9.33. The minimum atomic E-state index is -0.484. The second-order valence-corrected chi connectivity index (χ2v) is 7.45. The molecule has 9 heteroatoms. The Kier molecular flexibility index (Phi) is 5.88. The summed E-state index contributed by atoms with van der Waals surface area (Å²) in [6.07, 6.45) is 0. The molecule has 0 fully saturated rings. The van der Waals surface area contributed by atoms with Gasteiger partial charge >= 0.3 is 0 Å². The Bertz CT molecular complexity index is 974. The highest BCUT2D eigenvalue weighted by Crippen LogP contribution is 2.25. The van der Waals surface area contributed by atoms with Crippen molar-refractivity contribution < 1.29 is 9.59 Å². The molecule has 2 aromatic carbocycles. The largest absolute Gasteiger partial charge is 0.324 e. The monoisotopic (exact) mass is 401 g/mol. The van der Waals surface area contributed by atoms with E-state index in [9.17, 15) is 9.59 Å². The normalized spacial score (nSPS) is 11.8. The summed E-state index contributed by atoms with van der Waals surface area (Å²) in [7, 11) is 0. The van der Waals surface area contributed by atoms with Crippen LogP contribution in [0.4, 0.5) is 5.69 Å². The van der Waals surface area contributed by atoms with Crippen LogP contribution in [0.2, 0.25) is 5.02 Å². The molecule has 0 saturated carbocycles. The van der Waals surface area contributed by atoms with Crippen molar-refractivity contribution in [2.24, 2.45) is 0 Å². The summed E-state index contributed by atoms with van der Waals surface area (Å²) >= 11 is 7.12. The number of benzene rings is 2. The molecule has 3 rings (SSSR count).